The van der Waals surface area contributed by atoms with Gasteiger partial charge in [-0.15, -0.1) is 0 Å². The van der Waals surface area contributed by atoms with Crippen LogP contribution in [0, 0.1) is 10.8 Å². The highest BCUT2D eigenvalue weighted by Gasteiger charge is 2.31. The van der Waals surface area contributed by atoms with Gasteiger partial charge in [-0.1, -0.05) is 0 Å². The highest BCUT2D eigenvalue weighted by atomic mass is 32.2. The molecule has 144 valence electrons. The molecule has 2 saturated heterocycles. The molecule has 25 heavy (non-hydrogen) atoms. The van der Waals surface area contributed by atoms with Crippen molar-refractivity contribution in [2.75, 3.05) is 26.4 Å². The van der Waals surface area contributed by atoms with Gasteiger partial charge in [-0.05, 0) is 34.6 Å². The van der Waals surface area contributed by atoms with Crippen molar-refractivity contribution in [1.82, 2.24) is 0 Å². The van der Waals surface area contributed by atoms with Crippen LogP contribution >= 0.6 is 0 Å². The van der Waals surface area contributed by atoms with Crippen LogP contribution in [-0.2, 0) is 38.8 Å². The second kappa shape index (κ2) is 8.77. The largest absolute Gasteiger partial charge is 0.462 e. The van der Waals surface area contributed by atoms with E-state index in [1.807, 2.05) is 20.8 Å². The maximum atomic E-state index is 11.4. The molecular formula is C16H26O8S. The minimum Gasteiger partial charge on any atom is -0.462 e. The van der Waals surface area contributed by atoms with E-state index < -0.39 is 27.1 Å². The molecule has 2 aliphatic rings. The van der Waals surface area contributed by atoms with Crippen LogP contribution in [0.1, 0.15) is 34.6 Å². The zero-order chi connectivity index (χ0) is 19.3. The molecule has 2 aliphatic heterocycles. The first-order valence-electron chi connectivity index (χ1n) is 7.93. The van der Waals surface area contributed by atoms with Gasteiger partial charge in [-0.3, -0.25) is 9.59 Å². The van der Waals surface area contributed by atoms with Crippen molar-refractivity contribution in [3.63, 3.8) is 0 Å². The topological polar surface area (TPSA) is 112 Å². The number of carbonyl (C=O) groups excluding carboxylic acids is 2. The van der Waals surface area contributed by atoms with Crippen LogP contribution in [0.5, 0.6) is 0 Å². The Morgan fingerprint density at radius 2 is 1.36 bits per heavy atom. The maximum Gasteiger partial charge on any atom is 0.316 e. The van der Waals surface area contributed by atoms with Crippen LogP contribution in [0.3, 0.4) is 0 Å². The monoisotopic (exact) mass is 378 g/mol. The van der Waals surface area contributed by atoms with E-state index in [1.54, 1.807) is 0 Å². The second-order valence-electron chi connectivity index (χ2n) is 7.46. The molecule has 8 nitrogen and oxygen atoms in total. The molecule has 0 N–H and O–H groups in total. The van der Waals surface area contributed by atoms with E-state index in [4.69, 9.17) is 18.9 Å². The van der Waals surface area contributed by atoms with Crippen molar-refractivity contribution in [1.29, 1.82) is 0 Å². The third kappa shape index (κ3) is 9.57. The molecule has 2 unspecified atom stereocenters. The number of hydrogen-bond acceptors (Lipinski definition) is 8. The minimum absolute atomic E-state index is 0.00695. The van der Waals surface area contributed by atoms with E-state index in [0.29, 0.717) is 13.2 Å². The van der Waals surface area contributed by atoms with Crippen LogP contribution in [0.15, 0.2) is 0 Å². The van der Waals surface area contributed by atoms with E-state index in [2.05, 4.69) is 0 Å². The third-order valence-corrected chi connectivity index (χ3v) is 3.92. The summed E-state index contributed by atoms with van der Waals surface area (Å²) in [5.41, 5.74) is -1.50. The lowest BCUT2D eigenvalue weighted by atomic mass is 9.97. The van der Waals surface area contributed by atoms with Crippen LogP contribution < -0.4 is 0 Å². The standard InChI is InChI=1S/C8H12O5S.C8H14O3/c1-8(2,5-14(10)11)7(9)13-4-6-3-12-6;1-8(2,3)7(9)11-5-6-4-10-6/h5-6H,3-4H2,1-2H3;6H,4-5H2,1-3H3. The molecule has 0 radical (unpaired) electrons. The first-order valence-corrected chi connectivity index (χ1v) is 9.07. The van der Waals surface area contributed by atoms with E-state index in [0.717, 1.165) is 12.0 Å². The normalized spacial score (nSPS) is 21.3. The van der Waals surface area contributed by atoms with E-state index >= 15 is 0 Å². The molecule has 0 aromatic heterocycles. The fourth-order valence-electron chi connectivity index (χ4n) is 1.36. The van der Waals surface area contributed by atoms with Crippen molar-refractivity contribution in [2.24, 2.45) is 10.8 Å². The summed E-state index contributed by atoms with van der Waals surface area (Å²) < 4.78 is 40.3. The van der Waals surface area contributed by atoms with Gasteiger partial charge in [0.25, 0.3) is 0 Å². The van der Waals surface area contributed by atoms with Crippen LogP contribution in [0.25, 0.3) is 0 Å². The quantitative estimate of drug-likeness (QED) is 0.375. The van der Waals surface area contributed by atoms with Gasteiger partial charge in [0.1, 0.15) is 25.4 Å². The van der Waals surface area contributed by atoms with E-state index in [9.17, 15) is 18.0 Å². The van der Waals surface area contributed by atoms with Crippen molar-refractivity contribution in [2.45, 2.75) is 46.8 Å². The summed E-state index contributed by atoms with van der Waals surface area (Å²) in [5, 5.41) is 0.920. The second-order valence-corrected chi connectivity index (χ2v) is 8.21. The van der Waals surface area contributed by atoms with Gasteiger partial charge in [-0.25, -0.2) is 0 Å². The Kier molecular flexibility index (Phi) is 7.58. The Bertz CT molecular complexity index is 599. The summed E-state index contributed by atoms with van der Waals surface area (Å²) in [7, 11) is -2.36. The average Bonchev–Trinajstić information content (AvgIpc) is 3.35. The van der Waals surface area contributed by atoms with Crippen molar-refractivity contribution >= 4 is 27.6 Å². The highest BCUT2D eigenvalue weighted by molar-refractivity contribution is 7.71. The van der Waals surface area contributed by atoms with Crippen molar-refractivity contribution in [3.05, 3.63) is 0 Å². The molecular weight excluding hydrogens is 352 g/mol. The Morgan fingerprint density at radius 1 is 0.960 bits per heavy atom. The molecule has 2 rings (SSSR count). The number of hydrogen-bond donors (Lipinski definition) is 0. The Labute approximate surface area is 149 Å². The summed E-state index contributed by atoms with van der Waals surface area (Å²) in [6.45, 7) is 10.4. The number of rotatable bonds is 6. The summed E-state index contributed by atoms with van der Waals surface area (Å²) in [6.07, 6.45) is 0.161. The lowest BCUT2D eigenvalue weighted by Crippen LogP contribution is -2.29. The fourth-order valence-corrected chi connectivity index (χ4v) is 1.93. The molecule has 0 aromatic carbocycles. The number of ether oxygens (including phenoxy) is 4. The molecule has 2 heterocycles. The van der Waals surface area contributed by atoms with E-state index in [-0.39, 0.29) is 24.8 Å². The smallest absolute Gasteiger partial charge is 0.316 e. The third-order valence-electron chi connectivity index (χ3n) is 3.13. The van der Waals surface area contributed by atoms with Crippen LogP contribution in [0.2, 0.25) is 0 Å². The molecule has 0 spiro atoms. The fraction of sp³-hybridized carbons (Fsp3) is 0.812. The Hall–Kier alpha value is -1.45. The zero-order valence-corrected chi connectivity index (χ0v) is 16.1. The maximum absolute atomic E-state index is 11.4. The number of carbonyl (C=O) groups is 2. The predicted molar refractivity (Wildman–Crippen MR) is 89.6 cm³/mol. The first kappa shape index (κ1) is 21.6. The molecule has 0 aromatic rings. The zero-order valence-electron chi connectivity index (χ0n) is 15.2. The molecule has 2 fully saturated rings. The van der Waals surface area contributed by atoms with Gasteiger partial charge in [0, 0.05) is 0 Å². The summed E-state index contributed by atoms with van der Waals surface area (Å²) >= 11 is 0. The summed E-state index contributed by atoms with van der Waals surface area (Å²) in [5.74, 6) is -0.717. The summed E-state index contributed by atoms with van der Waals surface area (Å²) in [6, 6.07) is 0. The summed E-state index contributed by atoms with van der Waals surface area (Å²) in [4.78, 5) is 22.5. The van der Waals surface area contributed by atoms with Crippen LogP contribution in [-0.4, -0.2) is 64.4 Å². The molecule has 9 heteroatoms. The highest BCUT2D eigenvalue weighted by Crippen LogP contribution is 2.17. The van der Waals surface area contributed by atoms with Gasteiger partial charge in [-0.2, -0.15) is 8.42 Å². The minimum atomic E-state index is -2.36. The molecule has 0 amide bonds. The average molecular weight is 378 g/mol. The van der Waals surface area contributed by atoms with Crippen molar-refractivity contribution in [3.8, 4) is 0 Å². The van der Waals surface area contributed by atoms with Gasteiger partial charge < -0.3 is 18.9 Å². The predicted octanol–water partition coefficient (Wildman–Crippen LogP) is 0.610. The number of epoxide rings is 2. The Morgan fingerprint density at radius 3 is 1.68 bits per heavy atom. The molecule has 0 bridgehead atoms. The molecule has 2 atom stereocenters. The lowest BCUT2D eigenvalue weighted by molar-refractivity contribution is -0.153. The SMILES string of the molecule is CC(C)(C)C(=O)OCC1CO1.CC(C)(C=S(=O)=O)C(=O)OCC1CO1. The first-order chi connectivity index (χ1) is 11.4. The van der Waals surface area contributed by atoms with Gasteiger partial charge in [0.15, 0.2) is 0 Å². The molecule has 0 saturated carbocycles. The van der Waals surface area contributed by atoms with Crippen LogP contribution in [0.4, 0.5) is 0 Å². The molecule has 0 aliphatic carbocycles. The van der Waals surface area contributed by atoms with Gasteiger partial charge in [0.05, 0.1) is 29.4 Å². The van der Waals surface area contributed by atoms with E-state index in [1.165, 1.54) is 13.8 Å². The lowest BCUT2D eigenvalue weighted by Gasteiger charge is -2.15. The van der Waals surface area contributed by atoms with Gasteiger partial charge >= 0.3 is 11.9 Å². The Balaban J connectivity index is 0.000000257. The number of esters is 2. The van der Waals surface area contributed by atoms with Crippen molar-refractivity contribution < 1.29 is 37.0 Å². The van der Waals surface area contributed by atoms with Gasteiger partial charge in [0.2, 0.25) is 10.3 Å².